The number of amides is 1. The minimum absolute atomic E-state index is 0.0508. The molecule has 1 unspecified atom stereocenters. The Morgan fingerprint density at radius 3 is 2.62 bits per heavy atom. The maximum absolute atomic E-state index is 13.1. The highest BCUT2D eigenvalue weighted by Gasteiger charge is 2.23. The first-order valence-corrected chi connectivity index (χ1v) is 7.46. The highest BCUT2D eigenvalue weighted by atomic mass is 19.1. The molecule has 4 nitrogen and oxygen atoms in total. The molecule has 0 saturated carbocycles. The van der Waals surface area contributed by atoms with Gasteiger partial charge in [0.1, 0.15) is 11.6 Å². The highest BCUT2D eigenvalue weighted by molar-refractivity contribution is 5.81. The summed E-state index contributed by atoms with van der Waals surface area (Å²) in [5, 5.41) is 9.24. The topological polar surface area (TPSA) is 49.8 Å². The maximum Gasteiger partial charge on any atom is 0.263 e. The van der Waals surface area contributed by atoms with Crippen LogP contribution in [0, 0.1) is 5.82 Å². The molecule has 1 saturated heterocycles. The number of likely N-dealkylation sites (tertiary alicyclic amines) is 1. The van der Waals surface area contributed by atoms with Crippen molar-refractivity contribution >= 4 is 5.91 Å². The van der Waals surface area contributed by atoms with Crippen molar-refractivity contribution in [2.24, 2.45) is 0 Å². The predicted octanol–water partition coefficient (Wildman–Crippen LogP) is 2.49. The Kier molecular flexibility index (Phi) is 5.56. The van der Waals surface area contributed by atoms with Crippen LogP contribution < -0.4 is 4.74 Å². The molecule has 0 aliphatic carbocycles. The lowest BCUT2D eigenvalue weighted by atomic mass is 10.2. The van der Waals surface area contributed by atoms with Gasteiger partial charge in [-0.3, -0.25) is 4.79 Å². The van der Waals surface area contributed by atoms with Crippen molar-refractivity contribution in [3.05, 3.63) is 29.6 Å². The van der Waals surface area contributed by atoms with Gasteiger partial charge in [0.2, 0.25) is 0 Å². The Morgan fingerprint density at radius 2 is 2.00 bits per heavy atom. The summed E-state index contributed by atoms with van der Waals surface area (Å²) in [4.78, 5) is 14.2. The molecule has 0 radical (unpaired) electrons. The van der Waals surface area contributed by atoms with E-state index in [1.54, 1.807) is 6.92 Å². The maximum atomic E-state index is 13.1. The second-order valence-corrected chi connectivity index (χ2v) is 5.41. The molecule has 0 spiro atoms. The van der Waals surface area contributed by atoms with Crippen molar-refractivity contribution in [2.45, 2.75) is 45.3 Å². The number of rotatable bonds is 4. The molecule has 1 aromatic rings. The monoisotopic (exact) mass is 295 g/mol. The fourth-order valence-corrected chi connectivity index (χ4v) is 2.58. The third-order valence-corrected chi connectivity index (χ3v) is 3.76. The van der Waals surface area contributed by atoms with Gasteiger partial charge in [0, 0.05) is 18.7 Å². The van der Waals surface area contributed by atoms with Gasteiger partial charge < -0.3 is 14.7 Å². The van der Waals surface area contributed by atoms with Gasteiger partial charge in [-0.15, -0.1) is 0 Å². The van der Waals surface area contributed by atoms with E-state index >= 15 is 0 Å². The number of carbonyl (C=O) groups excluding carboxylic acids is 1. The summed E-state index contributed by atoms with van der Waals surface area (Å²) in [5.41, 5.74) is 0.352. The van der Waals surface area contributed by atoms with Crippen LogP contribution in [0.1, 0.15) is 38.2 Å². The number of benzene rings is 1. The van der Waals surface area contributed by atoms with E-state index in [2.05, 4.69) is 0 Å². The smallest absolute Gasteiger partial charge is 0.263 e. The van der Waals surface area contributed by atoms with E-state index < -0.39 is 11.9 Å². The minimum Gasteiger partial charge on any atom is -0.481 e. The molecule has 1 N–H and O–H groups in total. The van der Waals surface area contributed by atoms with Gasteiger partial charge in [-0.05, 0) is 38.0 Å². The lowest BCUT2D eigenvalue weighted by Crippen LogP contribution is -2.41. The minimum atomic E-state index is -0.640. The zero-order chi connectivity index (χ0) is 15.2. The van der Waals surface area contributed by atoms with E-state index in [4.69, 9.17) is 4.74 Å². The van der Waals surface area contributed by atoms with Crippen LogP contribution in [-0.4, -0.2) is 35.1 Å². The number of halogens is 1. The first-order chi connectivity index (χ1) is 10.1. The fourth-order valence-electron chi connectivity index (χ4n) is 2.58. The average molecular weight is 295 g/mol. The van der Waals surface area contributed by atoms with Crippen molar-refractivity contribution in [2.75, 3.05) is 13.1 Å². The molecule has 0 bridgehead atoms. The fraction of sp³-hybridized carbons (Fsp3) is 0.562. The Morgan fingerprint density at radius 1 is 1.33 bits per heavy atom. The quantitative estimate of drug-likeness (QED) is 0.928. The number of aliphatic hydroxyl groups is 1. The van der Waals surface area contributed by atoms with Crippen molar-refractivity contribution in [3.63, 3.8) is 0 Å². The summed E-state index contributed by atoms with van der Waals surface area (Å²) >= 11 is 0. The van der Waals surface area contributed by atoms with Crippen molar-refractivity contribution < 1.29 is 19.0 Å². The van der Waals surface area contributed by atoms with Gasteiger partial charge in [0.15, 0.2) is 6.10 Å². The standard InChI is InChI=1S/C16H22FNO3/c1-12(16(20)18-8-4-2-3-5-9-18)21-15-7-6-14(17)10-13(15)11-19/h6-7,10,12,19H,2-5,8-9,11H2,1H3. The molecule has 21 heavy (non-hydrogen) atoms. The third-order valence-electron chi connectivity index (χ3n) is 3.76. The summed E-state index contributed by atoms with van der Waals surface area (Å²) in [6.45, 7) is 2.90. The summed E-state index contributed by atoms with van der Waals surface area (Å²) in [6.07, 6.45) is 3.73. The SMILES string of the molecule is CC(Oc1ccc(F)cc1CO)C(=O)N1CCCCCC1. The van der Waals surface area contributed by atoms with Crippen LogP contribution in [0.25, 0.3) is 0 Å². The van der Waals surface area contributed by atoms with Crippen LogP contribution in [0.15, 0.2) is 18.2 Å². The molecule has 1 aliphatic heterocycles. The van der Waals surface area contributed by atoms with E-state index in [1.807, 2.05) is 4.90 Å². The predicted molar refractivity (Wildman–Crippen MR) is 77.5 cm³/mol. The van der Waals surface area contributed by atoms with Crippen LogP contribution in [0.2, 0.25) is 0 Å². The van der Waals surface area contributed by atoms with Gasteiger partial charge in [-0.2, -0.15) is 0 Å². The molecule has 2 rings (SSSR count). The van der Waals surface area contributed by atoms with Crippen molar-refractivity contribution in [1.82, 2.24) is 4.90 Å². The Hall–Kier alpha value is -1.62. The van der Waals surface area contributed by atoms with E-state index in [1.165, 1.54) is 18.2 Å². The summed E-state index contributed by atoms with van der Waals surface area (Å²) in [6, 6.07) is 3.93. The Bertz CT molecular complexity index is 484. The van der Waals surface area contributed by atoms with Gasteiger partial charge >= 0.3 is 0 Å². The normalized spacial score (nSPS) is 17.2. The second kappa shape index (κ2) is 7.41. The molecule has 1 amide bonds. The van der Waals surface area contributed by atoms with Gasteiger partial charge in [-0.1, -0.05) is 12.8 Å². The van der Waals surface area contributed by atoms with Crippen molar-refractivity contribution in [1.29, 1.82) is 0 Å². The van der Waals surface area contributed by atoms with Gasteiger partial charge in [0.25, 0.3) is 5.91 Å². The molecule has 1 heterocycles. The zero-order valence-corrected chi connectivity index (χ0v) is 12.3. The van der Waals surface area contributed by atoms with E-state index in [9.17, 15) is 14.3 Å². The Labute approximate surface area is 124 Å². The van der Waals surface area contributed by atoms with Gasteiger partial charge in [-0.25, -0.2) is 4.39 Å². The average Bonchev–Trinajstić information content (AvgIpc) is 2.77. The second-order valence-electron chi connectivity index (χ2n) is 5.41. The van der Waals surface area contributed by atoms with E-state index in [0.717, 1.165) is 38.8 Å². The number of aliphatic hydroxyl groups excluding tert-OH is 1. The first kappa shape index (κ1) is 15.8. The molecule has 1 atom stereocenters. The lowest BCUT2D eigenvalue weighted by molar-refractivity contribution is -0.137. The lowest BCUT2D eigenvalue weighted by Gasteiger charge is -2.25. The van der Waals surface area contributed by atoms with Crippen LogP contribution >= 0.6 is 0 Å². The molecular weight excluding hydrogens is 273 g/mol. The first-order valence-electron chi connectivity index (χ1n) is 7.46. The number of carbonyl (C=O) groups is 1. The highest BCUT2D eigenvalue weighted by Crippen LogP contribution is 2.22. The molecule has 1 aliphatic rings. The van der Waals surface area contributed by atoms with Gasteiger partial charge in [0.05, 0.1) is 6.61 Å². The molecular formula is C16H22FNO3. The zero-order valence-electron chi connectivity index (χ0n) is 12.3. The number of hydrogen-bond acceptors (Lipinski definition) is 3. The van der Waals surface area contributed by atoms with Crippen LogP contribution in [0.3, 0.4) is 0 Å². The largest absolute Gasteiger partial charge is 0.481 e. The van der Waals surface area contributed by atoms with Crippen LogP contribution in [0.5, 0.6) is 5.75 Å². The number of nitrogens with zero attached hydrogens (tertiary/aromatic N) is 1. The van der Waals surface area contributed by atoms with Crippen LogP contribution in [-0.2, 0) is 11.4 Å². The molecule has 1 aromatic carbocycles. The Balaban J connectivity index is 2.03. The summed E-state index contributed by atoms with van der Waals surface area (Å²) < 4.78 is 18.8. The van der Waals surface area contributed by atoms with E-state index in [0.29, 0.717) is 11.3 Å². The molecule has 0 aromatic heterocycles. The van der Waals surface area contributed by atoms with Crippen molar-refractivity contribution in [3.8, 4) is 5.75 Å². The number of ether oxygens (including phenoxy) is 1. The van der Waals surface area contributed by atoms with Crippen LogP contribution in [0.4, 0.5) is 4.39 Å². The van der Waals surface area contributed by atoms with E-state index in [-0.39, 0.29) is 12.5 Å². The third kappa shape index (κ3) is 4.17. The molecule has 5 heteroatoms. The molecule has 116 valence electrons. The molecule has 1 fully saturated rings. The summed E-state index contributed by atoms with van der Waals surface area (Å²) in [5.74, 6) is -0.127. The number of hydrogen-bond donors (Lipinski definition) is 1. The summed E-state index contributed by atoms with van der Waals surface area (Å²) in [7, 11) is 0.